The van der Waals surface area contributed by atoms with Crippen molar-refractivity contribution in [1.29, 1.82) is 0 Å². The Hall–Kier alpha value is -3.06. The van der Waals surface area contributed by atoms with Gasteiger partial charge in [0.15, 0.2) is 6.10 Å². The highest BCUT2D eigenvalue weighted by Crippen LogP contribution is 2.49. The van der Waals surface area contributed by atoms with E-state index >= 15 is 0 Å². The molecule has 156 valence electrons. The summed E-state index contributed by atoms with van der Waals surface area (Å²) < 4.78 is 0. The van der Waals surface area contributed by atoms with Crippen LogP contribution in [0, 0.1) is 5.92 Å². The van der Waals surface area contributed by atoms with Gasteiger partial charge in [0.05, 0.1) is 17.4 Å². The van der Waals surface area contributed by atoms with E-state index in [1.54, 1.807) is 24.3 Å². The van der Waals surface area contributed by atoms with E-state index in [0.717, 1.165) is 4.90 Å². The van der Waals surface area contributed by atoms with Crippen molar-refractivity contribution in [3.8, 4) is 5.75 Å². The molecule has 2 fully saturated rings. The predicted molar refractivity (Wildman–Crippen MR) is 117 cm³/mol. The van der Waals surface area contributed by atoms with Crippen LogP contribution in [0.15, 0.2) is 72.8 Å². The summed E-state index contributed by atoms with van der Waals surface area (Å²) in [5, 5.41) is 12.7. The van der Waals surface area contributed by atoms with Crippen molar-refractivity contribution in [2.75, 3.05) is 9.96 Å². The molecular weight excluding hydrogens is 439 g/mol. The molecule has 3 aromatic rings. The minimum atomic E-state index is -1.05. The summed E-state index contributed by atoms with van der Waals surface area (Å²) in [5.74, 6) is -1.80. The number of aromatic hydroxyl groups is 1. The monoisotopic (exact) mass is 454 g/mol. The molecule has 0 radical (unpaired) electrons. The lowest BCUT2D eigenvalue weighted by atomic mass is 9.90. The first kappa shape index (κ1) is 19.9. The van der Waals surface area contributed by atoms with Crippen LogP contribution in [0.4, 0.5) is 11.4 Å². The third-order valence-electron chi connectivity index (χ3n) is 5.49. The number of fused-ring (bicyclic) bond motifs is 1. The van der Waals surface area contributed by atoms with Crippen molar-refractivity contribution in [3.63, 3.8) is 0 Å². The van der Waals surface area contributed by atoms with Crippen LogP contribution in [0.25, 0.3) is 0 Å². The van der Waals surface area contributed by atoms with Gasteiger partial charge in [-0.15, -0.1) is 0 Å². The zero-order chi connectivity index (χ0) is 21.7. The van der Waals surface area contributed by atoms with Crippen LogP contribution >= 0.6 is 23.2 Å². The first-order valence-electron chi connectivity index (χ1n) is 9.58. The molecule has 0 aromatic heterocycles. The summed E-state index contributed by atoms with van der Waals surface area (Å²) >= 11 is 12.2. The third kappa shape index (κ3) is 3.24. The first-order chi connectivity index (χ1) is 15.0. The fourth-order valence-electron chi connectivity index (χ4n) is 4.19. The minimum absolute atomic E-state index is 0.0159. The molecule has 3 unspecified atom stereocenters. The Bertz CT molecular complexity index is 1170. The Balaban J connectivity index is 1.61. The first-order valence-corrected chi connectivity index (χ1v) is 10.3. The molecule has 5 rings (SSSR count). The number of amides is 2. The van der Waals surface area contributed by atoms with Crippen LogP contribution in [0.3, 0.4) is 0 Å². The van der Waals surface area contributed by atoms with Gasteiger partial charge in [-0.1, -0.05) is 59.6 Å². The van der Waals surface area contributed by atoms with E-state index in [4.69, 9.17) is 28.0 Å². The van der Waals surface area contributed by atoms with Crippen LogP contribution < -0.4 is 9.96 Å². The lowest BCUT2D eigenvalue weighted by Crippen LogP contribution is -2.37. The number of hydroxylamine groups is 1. The largest absolute Gasteiger partial charge is 0.508 e. The number of phenolic OH excluding ortho intramolecular Hbond substituents is 1. The number of rotatable bonds is 3. The van der Waals surface area contributed by atoms with E-state index in [1.165, 1.54) is 23.3 Å². The fraction of sp³-hybridized carbons (Fsp3) is 0.130. The summed E-state index contributed by atoms with van der Waals surface area (Å²) in [6.45, 7) is 0. The number of halogens is 2. The molecule has 2 amide bonds. The van der Waals surface area contributed by atoms with Gasteiger partial charge < -0.3 is 5.11 Å². The van der Waals surface area contributed by atoms with Crippen LogP contribution in [0.2, 0.25) is 10.0 Å². The van der Waals surface area contributed by atoms with E-state index in [1.807, 2.05) is 30.3 Å². The average Bonchev–Trinajstić information content (AvgIpc) is 3.24. The van der Waals surface area contributed by atoms with Gasteiger partial charge in [0.1, 0.15) is 11.7 Å². The minimum Gasteiger partial charge on any atom is -0.508 e. The second-order valence-corrected chi connectivity index (χ2v) is 8.23. The molecule has 0 saturated carbocycles. The van der Waals surface area contributed by atoms with Gasteiger partial charge >= 0.3 is 0 Å². The second kappa shape index (κ2) is 7.57. The van der Waals surface area contributed by atoms with Gasteiger partial charge in [0.2, 0.25) is 5.91 Å². The number of anilines is 2. The Morgan fingerprint density at radius 2 is 1.45 bits per heavy atom. The van der Waals surface area contributed by atoms with Crippen LogP contribution in [0.1, 0.15) is 11.6 Å². The molecule has 1 N–H and O–H groups in total. The number of hydrogen-bond donors (Lipinski definition) is 1. The highest BCUT2D eigenvalue weighted by molar-refractivity contribution is 6.35. The molecule has 2 aliphatic rings. The number of carbonyl (C=O) groups is 2. The molecule has 8 heteroatoms. The smallest absolute Gasteiger partial charge is 0.266 e. The summed E-state index contributed by atoms with van der Waals surface area (Å²) in [6.07, 6.45) is -1.05. The summed E-state index contributed by atoms with van der Waals surface area (Å²) in [6, 6.07) is 19.7. The van der Waals surface area contributed by atoms with Crippen LogP contribution in [-0.2, 0) is 14.4 Å². The Labute approximate surface area is 188 Å². The Morgan fingerprint density at radius 1 is 0.806 bits per heavy atom. The summed E-state index contributed by atoms with van der Waals surface area (Å²) in [7, 11) is 0. The van der Waals surface area contributed by atoms with E-state index < -0.39 is 29.9 Å². The molecule has 3 aromatic carbocycles. The standard InChI is InChI=1S/C23H16Cl2N2O4/c24-13-10-14(25)12-16(11-13)26-22(29)19-20(17-8-4-5-9-18(17)28)27(31-21(19)23(26)30)15-6-2-1-3-7-15/h1-12,19-21,28H. The molecule has 6 nitrogen and oxygen atoms in total. The van der Waals surface area contributed by atoms with Crippen molar-refractivity contribution in [1.82, 2.24) is 0 Å². The van der Waals surface area contributed by atoms with Gasteiger partial charge in [-0.25, -0.2) is 9.96 Å². The lowest BCUT2D eigenvalue weighted by Gasteiger charge is -2.29. The summed E-state index contributed by atoms with van der Waals surface area (Å²) in [5.41, 5.74) is 1.45. The Kier molecular flexibility index (Phi) is 4.85. The highest BCUT2D eigenvalue weighted by Gasteiger charge is 2.60. The molecule has 0 aliphatic carbocycles. The number of nitrogens with zero attached hydrogens (tertiary/aromatic N) is 2. The van der Waals surface area contributed by atoms with Crippen molar-refractivity contribution >= 4 is 46.4 Å². The number of para-hydroxylation sites is 2. The zero-order valence-electron chi connectivity index (χ0n) is 16.0. The highest BCUT2D eigenvalue weighted by atomic mass is 35.5. The zero-order valence-corrected chi connectivity index (χ0v) is 17.5. The molecule has 31 heavy (non-hydrogen) atoms. The van der Waals surface area contributed by atoms with Crippen molar-refractivity contribution in [2.24, 2.45) is 5.92 Å². The van der Waals surface area contributed by atoms with Crippen molar-refractivity contribution in [3.05, 3.63) is 88.4 Å². The van der Waals surface area contributed by atoms with Crippen LogP contribution in [0.5, 0.6) is 5.75 Å². The normalized spacial score (nSPS) is 22.8. The predicted octanol–water partition coefficient (Wildman–Crippen LogP) is 4.75. The molecule has 0 spiro atoms. The third-order valence-corrected chi connectivity index (χ3v) is 5.92. The maximum absolute atomic E-state index is 13.5. The number of carbonyl (C=O) groups excluding carboxylic acids is 2. The van der Waals surface area contributed by atoms with Gasteiger partial charge in [0, 0.05) is 15.6 Å². The van der Waals surface area contributed by atoms with E-state index in [-0.39, 0.29) is 11.4 Å². The molecule has 0 bridgehead atoms. The van der Waals surface area contributed by atoms with Gasteiger partial charge in [0.25, 0.3) is 5.91 Å². The molecule has 2 aliphatic heterocycles. The number of benzene rings is 3. The topological polar surface area (TPSA) is 70.1 Å². The van der Waals surface area contributed by atoms with Crippen molar-refractivity contribution in [2.45, 2.75) is 12.1 Å². The van der Waals surface area contributed by atoms with Gasteiger partial charge in [-0.3, -0.25) is 14.4 Å². The van der Waals surface area contributed by atoms with Gasteiger partial charge in [-0.05, 0) is 36.4 Å². The molecular formula is C23H16Cl2N2O4. The van der Waals surface area contributed by atoms with Gasteiger partial charge in [-0.2, -0.15) is 0 Å². The SMILES string of the molecule is O=C1C2ON(c3ccccc3)C(c3ccccc3O)C2C(=O)N1c1cc(Cl)cc(Cl)c1. The van der Waals surface area contributed by atoms with Crippen molar-refractivity contribution < 1.29 is 19.5 Å². The number of hydrogen-bond acceptors (Lipinski definition) is 5. The summed E-state index contributed by atoms with van der Waals surface area (Å²) in [4.78, 5) is 33.9. The average molecular weight is 455 g/mol. The lowest BCUT2D eigenvalue weighted by molar-refractivity contribution is -0.126. The fourth-order valence-corrected chi connectivity index (χ4v) is 4.70. The molecule has 2 saturated heterocycles. The Morgan fingerprint density at radius 3 is 2.13 bits per heavy atom. The second-order valence-electron chi connectivity index (χ2n) is 7.36. The molecule has 2 heterocycles. The quantitative estimate of drug-likeness (QED) is 0.578. The van der Waals surface area contributed by atoms with Crippen LogP contribution in [-0.4, -0.2) is 23.0 Å². The van der Waals surface area contributed by atoms with E-state index in [9.17, 15) is 14.7 Å². The number of imide groups is 1. The van der Waals surface area contributed by atoms with E-state index in [2.05, 4.69) is 0 Å². The number of phenols is 1. The molecule has 3 atom stereocenters. The maximum atomic E-state index is 13.5. The maximum Gasteiger partial charge on any atom is 0.266 e. The van der Waals surface area contributed by atoms with E-state index in [0.29, 0.717) is 21.3 Å².